The zero-order chi connectivity index (χ0) is 11.3. The fraction of sp³-hybridized carbons (Fsp3) is 0.333. The molecule has 0 radical (unpaired) electrons. The van der Waals surface area contributed by atoms with Crippen molar-refractivity contribution in [1.29, 1.82) is 0 Å². The van der Waals surface area contributed by atoms with Gasteiger partial charge in [-0.1, -0.05) is 5.16 Å². The lowest BCUT2D eigenvalue weighted by atomic mass is 10.4. The fourth-order valence-electron chi connectivity index (χ4n) is 0.641. The summed E-state index contributed by atoms with van der Waals surface area (Å²) in [5.74, 6) is -0.0311. The van der Waals surface area contributed by atoms with E-state index in [0.29, 0.717) is 0 Å². The van der Waals surface area contributed by atoms with Gasteiger partial charge in [-0.3, -0.25) is 4.79 Å². The molecule has 2 N–H and O–H groups in total. The van der Waals surface area contributed by atoms with Gasteiger partial charge in [0.05, 0.1) is 0 Å². The Kier molecular flexibility index (Phi) is 6.86. The summed E-state index contributed by atoms with van der Waals surface area (Å²) in [6.07, 6.45) is 0. The average Bonchev–Trinajstić information content (AvgIpc) is 2.59. The van der Waals surface area contributed by atoms with E-state index in [1.54, 1.807) is 0 Å². The van der Waals surface area contributed by atoms with Gasteiger partial charge < -0.3 is 10.6 Å². The van der Waals surface area contributed by atoms with E-state index in [1.807, 2.05) is 0 Å². The first-order chi connectivity index (χ1) is 7.15. The smallest absolute Gasteiger partial charge is 0.278 e. The molecule has 0 saturated carbocycles. The van der Waals surface area contributed by atoms with Crippen LogP contribution in [-0.4, -0.2) is 33.6 Å². The molecule has 1 heterocycles. The number of nitrogens with zero attached hydrogens (tertiary/aromatic N) is 3. The Morgan fingerprint density at radius 2 is 2.38 bits per heavy atom. The Morgan fingerprint density at radius 1 is 1.69 bits per heavy atom. The molecule has 1 aromatic rings. The lowest BCUT2D eigenvalue weighted by molar-refractivity contribution is -0.106. The second-order valence-electron chi connectivity index (χ2n) is 2.19. The number of carbonyl (C=O) groups excluding carboxylic acids is 1. The van der Waals surface area contributed by atoms with E-state index in [1.165, 1.54) is 0 Å². The Bertz CT molecular complexity index is 386. The standard InChI is InChI=1S/C6H6ClFN4O2S.ClH/c7-4(13)3(11-14-2-1-8)5-10-6(9)15-12-5;/h1-2H2,(H2,9,10,12);1H/b11-3+;. The van der Waals surface area contributed by atoms with Crippen LogP contribution in [0.2, 0.25) is 0 Å². The number of hydrogen-bond acceptors (Lipinski definition) is 7. The van der Waals surface area contributed by atoms with E-state index in [9.17, 15) is 9.18 Å². The number of nitrogen functional groups attached to an aromatic ring is 1. The number of nitrogens with two attached hydrogens (primary N) is 1. The summed E-state index contributed by atoms with van der Waals surface area (Å²) in [6.45, 7) is -0.993. The molecule has 6 nitrogen and oxygen atoms in total. The summed E-state index contributed by atoms with van der Waals surface area (Å²) in [4.78, 5) is 19.0. The molecule has 0 atom stereocenters. The van der Waals surface area contributed by atoms with Crippen molar-refractivity contribution in [3.63, 3.8) is 0 Å². The maximum atomic E-state index is 11.7. The molecular weight excluding hydrogens is 282 g/mol. The Morgan fingerprint density at radius 3 is 2.81 bits per heavy atom. The number of oxime groups is 1. The molecule has 0 spiro atoms. The highest BCUT2D eigenvalue weighted by Crippen LogP contribution is 2.08. The second-order valence-corrected chi connectivity index (χ2v) is 3.32. The molecule has 90 valence electrons. The summed E-state index contributed by atoms with van der Waals surface area (Å²) in [5.41, 5.74) is 5.01. The first-order valence-electron chi connectivity index (χ1n) is 3.70. The quantitative estimate of drug-likeness (QED) is 0.378. The van der Waals surface area contributed by atoms with E-state index >= 15 is 0 Å². The first-order valence-corrected chi connectivity index (χ1v) is 4.85. The minimum atomic E-state index is -0.897. The van der Waals surface area contributed by atoms with Crippen LogP contribution in [0.25, 0.3) is 0 Å². The van der Waals surface area contributed by atoms with Crippen LogP contribution < -0.4 is 5.73 Å². The highest BCUT2D eigenvalue weighted by molar-refractivity contribution is 7.09. The third-order valence-electron chi connectivity index (χ3n) is 1.16. The molecule has 0 amide bonds. The van der Waals surface area contributed by atoms with E-state index < -0.39 is 11.9 Å². The number of anilines is 1. The maximum absolute atomic E-state index is 11.7. The molecular formula is C6H7Cl2FN4O2S. The largest absolute Gasteiger partial charge is 0.392 e. The lowest BCUT2D eigenvalue weighted by Crippen LogP contribution is -2.12. The summed E-state index contributed by atoms with van der Waals surface area (Å²) in [5, 5.41) is 2.59. The molecule has 1 rings (SSSR count). The van der Waals surface area contributed by atoms with Crippen molar-refractivity contribution in [3.05, 3.63) is 5.82 Å². The molecule has 0 unspecified atom stereocenters. The van der Waals surface area contributed by atoms with Crippen LogP contribution >= 0.6 is 35.5 Å². The van der Waals surface area contributed by atoms with Crippen molar-refractivity contribution in [2.24, 2.45) is 5.16 Å². The van der Waals surface area contributed by atoms with Crippen molar-refractivity contribution in [2.45, 2.75) is 0 Å². The summed E-state index contributed by atoms with van der Waals surface area (Å²) in [7, 11) is 0. The Hall–Kier alpha value is -0.990. The van der Waals surface area contributed by atoms with E-state index in [-0.39, 0.29) is 35.7 Å². The molecule has 0 saturated heterocycles. The van der Waals surface area contributed by atoms with Gasteiger partial charge in [-0.2, -0.15) is 9.36 Å². The van der Waals surface area contributed by atoms with E-state index in [4.69, 9.17) is 17.3 Å². The van der Waals surface area contributed by atoms with Crippen molar-refractivity contribution in [2.75, 3.05) is 19.0 Å². The molecule has 10 heteroatoms. The third-order valence-corrected chi connectivity index (χ3v) is 1.89. The number of aromatic nitrogens is 2. The number of alkyl halides is 1. The van der Waals surface area contributed by atoms with Gasteiger partial charge in [0.1, 0.15) is 13.3 Å². The zero-order valence-electron chi connectivity index (χ0n) is 7.72. The van der Waals surface area contributed by atoms with Crippen LogP contribution in [0.4, 0.5) is 9.52 Å². The van der Waals surface area contributed by atoms with Gasteiger partial charge in [0, 0.05) is 11.5 Å². The molecule has 0 aromatic carbocycles. The van der Waals surface area contributed by atoms with Crippen LogP contribution in [0, 0.1) is 0 Å². The molecule has 1 aromatic heterocycles. The Balaban J connectivity index is 0.00000225. The fourth-order valence-corrected chi connectivity index (χ4v) is 1.19. The number of hydrogen-bond donors (Lipinski definition) is 1. The molecule has 0 aliphatic rings. The predicted octanol–water partition coefficient (Wildman–Crippen LogP) is 0.998. The summed E-state index contributed by atoms with van der Waals surface area (Å²) >= 11 is 6.09. The first kappa shape index (κ1) is 15.0. The van der Waals surface area contributed by atoms with Crippen LogP contribution in [0.5, 0.6) is 0 Å². The zero-order valence-corrected chi connectivity index (χ0v) is 10.1. The highest BCUT2D eigenvalue weighted by atomic mass is 35.5. The molecule has 16 heavy (non-hydrogen) atoms. The highest BCUT2D eigenvalue weighted by Gasteiger charge is 2.17. The van der Waals surface area contributed by atoms with Gasteiger partial charge in [0.15, 0.2) is 5.13 Å². The van der Waals surface area contributed by atoms with Crippen molar-refractivity contribution in [1.82, 2.24) is 9.36 Å². The molecule has 0 aliphatic heterocycles. The van der Waals surface area contributed by atoms with Crippen molar-refractivity contribution < 1.29 is 14.0 Å². The van der Waals surface area contributed by atoms with Crippen LogP contribution in [0.1, 0.15) is 5.82 Å². The van der Waals surface area contributed by atoms with Gasteiger partial charge in [-0.25, -0.2) is 4.39 Å². The average molecular weight is 289 g/mol. The molecule has 0 aliphatic carbocycles. The minimum absolute atomic E-state index is 0. The van der Waals surface area contributed by atoms with Crippen LogP contribution in [-0.2, 0) is 9.63 Å². The summed E-state index contributed by atoms with van der Waals surface area (Å²) < 4.78 is 15.4. The van der Waals surface area contributed by atoms with Crippen LogP contribution in [0.3, 0.4) is 0 Å². The van der Waals surface area contributed by atoms with Crippen LogP contribution in [0.15, 0.2) is 5.16 Å². The third kappa shape index (κ3) is 4.25. The number of carbonyl (C=O) groups is 1. The van der Waals surface area contributed by atoms with Gasteiger partial charge in [-0.05, 0) is 11.6 Å². The number of rotatable bonds is 5. The van der Waals surface area contributed by atoms with Crippen molar-refractivity contribution >= 4 is 51.6 Å². The normalized spacial score (nSPS) is 10.8. The predicted molar refractivity (Wildman–Crippen MR) is 60.9 cm³/mol. The minimum Gasteiger partial charge on any atom is -0.392 e. The Labute approximate surface area is 105 Å². The molecule has 0 bridgehead atoms. The topological polar surface area (TPSA) is 90.5 Å². The van der Waals surface area contributed by atoms with Crippen molar-refractivity contribution in [3.8, 4) is 0 Å². The van der Waals surface area contributed by atoms with Gasteiger partial charge >= 0.3 is 0 Å². The maximum Gasteiger partial charge on any atom is 0.278 e. The van der Waals surface area contributed by atoms with E-state index in [0.717, 1.165) is 11.5 Å². The molecule has 0 fully saturated rings. The summed E-state index contributed by atoms with van der Waals surface area (Å²) in [6, 6.07) is 0. The SMILES string of the molecule is Cl.Nc1nc(/C(=N/OCCF)C(=O)Cl)ns1. The second kappa shape index (κ2) is 7.31. The number of halogens is 3. The van der Waals surface area contributed by atoms with Gasteiger partial charge in [0.25, 0.3) is 5.24 Å². The van der Waals surface area contributed by atoms with Gasteiger partial charge in [0.2, 0.25) is 11.5 Å². The lowest BCUT2D eigenvalue weighted by Gasteiger charge is -1.96. The monoisotopic (exact) mass is 288 g/mol. The van der Waals surface area contributed by atoms with Gasteiger partial charge in [-0.15, -0.1) is 12.4 Å². The van der Waals surface area contributed by atoms with E-state index in [2.05, 4.69) is 19.4 Å².